The summed E-state index contributed by atoms with van der Waals surface area (Å²) in [6.45, 7) is 9.37. The molecule has 0 spiro atoms. The van der Waals surface area contributed by atoms with Crippen molar-refractivity contribution in [3.63, 3.8) is 0 Å². The first-order valence-electron chi connectivity index (χ1n) is 27.2. The van der Waals surface area contributed by atoms with Crippen molar-refractivity contribution in [2.75, 3.05) is 32.8 Å². The van der Waals surface area contributed by atoms with Gasteiger partial charge in [0.1, 0.15) is 36.4 Å². The van der Waals surface area contributed by atoms with Gasteiger partial charge in [-0.2, -0.15) is 13.2 Å². The number of carbonyl (C=O) groups is 10. The number of aliphatic hydroxyl groups is 1. The number of imide groups is 2. The highest BCUT2D eigenvalue weighted by atomic mass is 19.4. The summed E-state index contributed by atoms with van der Waals surface area (Å²) in [4.78, 5) is 130. The van der Waals surface area contributed by atoms with Crippen LogP contribution in [0.1, 0.15) is 117 Å². The van der Waals surface area contributed by atoms with Crippen molar-refractivity contribution in [3.05, 3.63) is 95.8 Å². The number of nitrogens with one attached hydrogen (secondary N) is 3. The zero-order chi connectivity index (χ0) is 63.2. The zero-order valence-corrected chi connectivity index (χ0v) is 47.8. The number of amides is 8. The van der Waals surface area contributed by atoms with Gasteiger partial charge in [0.05, 0.1) is 12.1 Å². The number of nitrogens with two attached hydrogens (primary N) is 2. The average molecular weight is 1190 g/mol. The van der Waals surface area contributed by atoms with Gasteiger partial charge in [-0.1, -0.05) is 71.4 Å². The number of hydrogen-bond donors (Lipinski definition) is 8. The van der Waals surface area contributed by atoms with E-state index in [1.54, 1.807) is 26.1 Å². The molecule has 0 aliphatic carbocycles. The maximum atomic E-state index is 15.2. The average Bonchev–Trinajstić information content (AvgIpc) is 1.94. The minimum Gasteiger partial charge on any atom is -0.480 e. The summed E-state index contributed by atoms with van der Waals surface area (Å²) in [5.74, 6) is -11.6. The lowest BCUT2D eigenvalue weighted by Gasteiger charge is -2.41. The van der Waals surface area contributed by atoms with Gasteiger partial charge in [0.15, 0.2) is 0 Å². The van der Waals surface area contributed by atoms with E-state index in [1.807, 2.05) is 55.7 Å². The van der Waals surface area contributed by atoms with E-state index in [2.05, 4.69) is 16.0 Å². The fourth-order valence-electron chi connectivity index (χ4n) is 9.09. The molecule has 0 unspecified atom stereocenters. The Morgan fingerprint density at radius 3 is 1.96 bits per heavy atom. The van der Waals surface area contributed by atoms with Crippen LogP contribution in [0.4, 0.5) is 22.0 Å². The summed E-state index contributed by atoms with van der Waals surface area (Å²) in [7, 11) is 0. The van der Waals surface area contributed by atoms with Crippen LogP contribution in [-0.2, 0) is 54.5 Å². The molecule has 0 bridgehead atoms. The van der Waals surface area contributed by atoms with Crippen molar-refractivity contribution in [1.29, 1.82) is 0 Å². The van der Waals surface area contributed by atoms with Gasteiger partial charge in [0, 0.05) is 74.2 Å². The predicted octanol–water partition coefficient (Wildman–Crippen LogP) is 4.32. The minimum atomic E-state index is -5.08. The molecule has 22 nitrogen and oxygen atoms in total. The fraction of sp³-hybridized carbons (Fsp3) is 0.509. The molecule has 10 N–H and O–H groups in total. The minimum absolute atomic E-state index is 0.00618. The third kappa shape index (κ3) is 21.4. The van der Waals surface area contributed by atoms with Gasteiger partial charge in [-0.15, -0.1) is 0 Å². The second kappa shape index (κ2) is 32.8. The van der Waals surface area contributed by atoms with E-state index in [0.29, 0.717) is 41.8 Å². The molecular formula is C57H76F5N9O13. The van der Waals surface area contributed by atoms with Gasteiger partial charge in [0.25, 0.3) is 17.7 Å². The lowest BCUT2D eigenvalue weighted by molar-refractivity contribution is -0.192. The van der Waals surface area contributed by atoms with E-state index in [9.17, 15) is 70.9 Å². The molecule has 4 rings (SSSR count). The molecule has 0 saturated heterocycles. The molecule has 462 valence electrons. The second-order valence-corrected chi connectivity index (χ2v) is 21.4. The number of alkyl halides is 3. The molecule has 1 aliphatic rings. The Hall–Kier alpha value is -7.91. The monoisotopic (exact) mass is 1190 g/mol. The van der Waals surface area contributed by atoms with Crippen molar-refractivity contribution < 1.29 is 85.2 Å². The van der Waals surface area contributed by atoms with Crippen LogP contribution >= 0.6 is 0 Å². The first-order chi connectivity index (χ1) is 39.3. The first-order valence-corrected chi connectivity index (χ1v) is 27.2. The van der Waals surface area contributed by atoms with E-state index in [0.717, 1.165) is 28.7 Å². The van der Waals surface area contributed by atoms with Crippen LogP contribution < -0.4 is 27.4 Å². The Bertz CT molecular complexity index is 2800. The summed E-state index contributed by atoms with van der Waals surface area (Å²) in [6.07, 6.45) is 0.0325. The van der Waals surface area contributed by atoms with E-state index in [1.165, 1.54) is 24.0 Å². The number of carbonyl (C=O) groups excluding carboxylic acids is 8. The third-order valence-corrected chi connectivity index (χ3v) is 13.3. The SMILES string of the molecule is CC(C)[C@H](NC(=O)CCCCCN1C(=O)C=CC1=O)C(=O)N[C@@H](C)C(=O)N(C(=O)CCNC(=O)[C@@H](N)CCN(C(=O)CO)[C@@H](c1cc(-c2cc(F)ccc2F)cn1Cc1ccccc1)C(C)(C)C)[C@@H](CCCCN)C(=O)O.O=C(O)C(F)(F)F. The van der Waals surface area contributed by atoms with Gasteiger partial charge >= 0.3 is 18.1 Å². The molecule has 2 aromatic carbocycles. The number of aliphatic hydroxyl groups excluding tert-OH is 1. The number of unbranched alkanes of at least 4 members (excludes halogenated alkanes) is 3. The highest BCUT2D eigenvalue weighted by molar-refractivity contribution is 6.12. The van der Waals surface area contributed by atoms with E-state index < -0.39 is 138 Å². The number of halogens is 5. The fourth-order valence-corrected chi connectivity index (χ4v) is 9.09. The van der Waals surface area contributed by atoms with Gasteiger partial charge in [-0.05, 0) is 93.2 Å². The van der Waals surface area contributed by atoms with Crippen molar-refractivity contribution in [2.24, 2.45) is 22.8 Å². The Labute approximate surface area is 483 Å². The van der Waals surface area contributed by atoms with Crippen LogP contribution in [0.15, 0.2) is 72.9 Å². The molecule has 0 radical (unpaired) electrons. The van der Waals surface area contributed by atoms with Gasteiger partial charge < -0.3 is 52.2 Å². The predicted molar refractivity (Wildman–Crippen MR) is 295 cm³/mol. The van der Waals surface area contributed by atoms with Crippen LogP contribution in [0, 0.1) is 23.0 Å². The van der Waals surface area contributed by atoms with Crippen LogP contribution in [-0.4, -0.2) is 157 Å². The highest BCUT2D eigenvalue weighted by Gasteiger charge is 2.40. The van der Waals surface area contributed by atoms with Crippen molar-refractivity contribution in [2.45, 2.75) is 142 Å². The highest BCUT2D eigenvalue weighted by Crippen LogP contribution is 2.41. The second-order valence-electron chi connectivity index (χ2n) is 21.4. The van der Waals surface area contributed by atoms with E-state index >= 15 is 4.39 Å². The molecule has 84 heavy (non-hydrogen) atoms. The van der Waals surface area contributed by atoms with Gasteiger partial charge in [-0.3, -0.25) is 48.2 Å². The molecule has 0 saturated carbocycles. The smallest absolute Gasteiger partial charge is 0.480 e. The molecule has 1 aliphatic heterocycles. The number of carboxylic acid groups (broad SMARTS) is 2. The number of nitrogens with zero attached hydrogens (tertiary/aromatic N) is 4. The largest absolute Gasteiger partial charge is 0.490 e. The number of carboxylic acids is 2. The lowest BCUT2D eigenvalue weighted by atomic mass is 9.82. The first kappa shape index (κ1) is 70.4. The lowest BCUT2D eigenvalue weighted by Crippen LogP contribution is -2.58. The van der Waals surface area contributed by atoms with Gasteiger partial charge in [0.2, 0.25) is 29.5 Å². The number of benzene rings is 2. The molecule has 27 heteroatoms. The molecule has 5 atom stereocenters. The number of rotatable bonds is 30. The quantitative estimate of drug-likeness (QED) is 0.0262. The van der Waals surface area contributed by atoms with E-state index in [-0.39, 0.29) is 57.4 Å². The standard InChI is InChI=1S/C55H75F2N9O11.C2HF3O2/c1-34(2)49(62-44(68)18-11-8-14-27-64-45(69)21-22-46(64)70)52(74)61-35(3)53(75)66(42(54(76)77)17-12-13-25-58)47(71)23-26-60-51(73)41(59)24-28-65(48(72)33-67)50(55(4,5)6)43-29-37(39-30-38(56)19-20-40(39)57)32-63(43)31-36-15-9-7-10-16-36;3-2(4,5)1(6)7/h7,9-10,15-16,19-22,29-30,32,34-35,41-42,49-50,67H,8,11-14,17-18,23-28,31,33,58-59H2,1-6H3,(H,60,73)(H,61,74)(H,62,68)(H,76,77);(H,6,7)/t35-,41-,42-,49-,50-;/m0./s1. The molecular weight excluding hydrogens is 1110 g/mol. The Balaban J connectivity index is 0.00000247. The maximum absolute atomic E-state index is 15.2. The zero-order valence-electron chi connectivity index (χ0n) is 47.8. The van der Waals surface area contributed by atoms with Crippen LogP contribution in [0.3, 0.4) is 0 Å². The maximum Gasteiger partial charge on any atom is 0.490 e. The number of aromatic nitrogens is 1. The van der Waals surface area contributed by atoms with Crippen LogP contribution in [0.25, 0.3) is 11.1 Å². The summed E-state index contributed by atoms with van der Waals surface area (Å²) in [5, 5.41) is 35.4. The third-order valence-electron chi connectivity index (χ3n) is 13.3. The van der Waals surface area contributed by atoms with E-state index in [4.69, 9.17) is 21.4 Å². The van der Waals surface area contributed by atoms with Crippen molar-refractivity contribution in [1.82, 2.24) is 35.2 Å². The summed E-state index contributed by atoms with van der Waals surface area (Å²) >= 11 is 0. The summed E-state index contributed by atoms with van der Waals surface area (Å²) < 4.78 is 63.3. The Morgan fingerprint density at radius 2 is 1.40 bits per heavy atom. The topological polar surface area (TPSA) is 334 Å². The number of hydrogen-bond acceptors (Lipinski definition) is 13. The Morgan fingerprint density at radius 1 is 0.774 bits per heavy atom. The van der Waals surface area contributed by atoms with Crippen LogP contribution in [0.5, 0.6) is 0 Å². The summed E-state index contributed by atoms with van der Waals surface area (Å²) in [5.41, 5.74) is 13.0. The molecule has 2 heterocycles. The Kier molecular flexibility index (Phi) is 27.5. The van der Waals surface area contributed by atoms with Crippen LogP contribution in [0.2, 0.25) is 0 Å². The molecule has 0 fully saturated rings. The normalized spacial score (nSPS) is 14.2. The van der Waals surface area contributed by atoms with Gasteiger partial charge in [-0.25, -0.2) is 18.4 Å². The van der Waals surface area contributed by atoms with Crippen molar-refractivity contribution >= 4 is 59.2 Å². The van der Waals surface area contributed by atoms with Crippen molar-refractivity contribution in [3.8, 4) is 11.1 Å². The molecule has 3 aromatic rings. The number of aliphatic carboxylic acids is 2. The molecule has 8 amide bonds. The molecule has 1 aromatic heterocycles. The summed E-state index contributed by atoms with van der Waals surface area (Å²) in [6, 6.07) is 7.69.